The van der Waals surface area contributed by atoms with Crippen molar-refractivity contribution in [1.29, 1.82) is 0 Å². The Morgan fingerprint density at radius 2 is 1.38 bits per heavy atom. The molecule has 1 aliphatic carbocycles. The van der Waals surface area contributed by atoms with E-state index < -0.39 is 0 Å². The van der Waals surface area contributed by atoms with Gasteiger partial charge in [-0.05, 0) is 0 Å². The maximum atomic E-state index is 11.7. The lowest BCUT2D eigenvalue weighted by molar-refractivity contribution is 0.0923. The highest BCUT2D eigenvalue weighted by molar-refractivity contribution is 6.36. The van der Waals surface area contributed by atoms with Crippen molar-refractivity contribution in [3.8, 4) is 0 Å². The Hall–Kier alpha value is -2.16. The second-order valence-corrected chi connectivity index (χ2v) is 4.19. The predicted octanol–water partition coefficient (Wildman–Crippen LogP) is 2.53. The van der Waals surface area contributed by atoms with Crippen molar-refractivity contribution >= 4 is 33.4 Å². The van der Waals surface area contributed by atoms with E-state index in [4.69, 9.17) is 0 Å². The second kappa shape index (κ2) is 2.32. The number of ketones is 2. The molecule has 1 aromatic carbocycles. The van der Waals surface area contributed by atoms with Crippen LogP contribution in [0.3, 0.4) is 0 Å². The summed E-state index contributed by atoms with van der Waals surface area (Å²) in [4.78, 5) is 26.6. The molecule has 16 heavy (non-hydrogen) atoms. The maximum absolute atomic E-state index is 11.7. The number of aromatic nitrogens is 1. The molecule has 76 valence electrons. The number of aromatic amines is 1. The zero-order chi connectivity index (χ0) is 10.9. The Labute approximate surface area is 90.4 Å². The van der Waals surface area contributed by atoms with Gasteiger partial charge in [0, 0.05) is 10.8 Å². The molecule has 0 atom stereocenters. The first-order valence-corrected chi connectivity index (χ1v) is 5.19. The number of Topliss-reactive ketones (excluding diaryl/α,β-unsaturated/α-hetero) is 2. The van der Waals surface area contributed by atoms with E-state index in [0.717, 1.165) is 21.8 Å². The van der Waals surface area contributed by atoms with Crippen LogP contribution < -0.4 is 0 Å². The number of carbonyl (C=O) groups is 2. The molecule has 1 aliphatic rings. The molecule has 0 amide bonds. The standard InChI is InChI=1S/C13H7NO2/c15-8-5-9(16)11-10(8)12-6-3-1-2-4-7(6)13(11)14-12/h1-4,14H,5H2. The summed E-state index contributed by atoms with van der Waals surface area (Å²) >= 11 is 0. The number of hydrogen-bond acceptors (Lipinski definition) is 2. The third-order valence-corrected chi connectivity index (χ3v) is 3.34. The van der Waals surface area contributed by atoms with Crippen LogP contribution in [0.4, 0.5) is 0 Å². The third kappa shape index (κ3) is 0.692. The Bertz CT molecular complexity index is 704. The molecule has 0 fully saturated rings. The molecule has 2 heterocycles. The summed E-state index contributed by atoms with van der Waals surface area (Å²) < 4.78 is 0. The lowest BCUT2D eigenvalue weighted by atomic mass is 10.0. The molecule has 2 aromatic heterocycles. The van der Waals surface area contributed by atoms with Gasteiger partial charge >= 0.3 is 0 Å². The molecule has 4 rings (SSSR count). The van der Waals surface area contributed by atoms with Gasteiger partial charge in [0.25, 0.3) is 0 Å². The molecule has 0 saturated carbocycles. The van der Waals surface area contributed by atoms with Crippen LogP contribution >= 0.6 is 0 Å². The van der Waals surface area contributed by atoms with Crippen molar-refractivity contribution in [3.05, 3.63) is 35.4 Å². The van der Waals surface area contributed by atoms with Crippen molar-refractivity contribution in [2.75, 3.05) is 0 Å². The summed E-state index contributed by atoms with van der Waals surface area (Å²) in [5.74, 6) is -0.0981. The van der Waals surface area contributed by atoms with E-state index in [1.807, 2.05) is 24.3 Å². The van der Waals surface area contributed by atoms with E-state index >= 15 is 0 Å². The van der Waals surface area contributed by atoms with E-state index in [2.05, 4.69) is 4.98 Å². The number of hydrogen-bond donors (Lipinski definition) is 1. The molecule has 3 heteroatoms. The second-order valence-electron chi connectivity index (χ2n) is 4.19. The molecule has 1 N–H and O–H groups in total. The summed E-state index contributed by atoms with van der Waals surface area (Å²) in [6, 6.07) is 7.83. The molecule has 0 saturated heterocycles. The molecule has 2 bridgehead atoms. The zero-order valence-electron chi connectivity index (χ0n) is 8.33. The van der Waals surface area contributed by atoms with Crippen molar-refractivity contribution < 1.29 is 9.59 Å². The summed E-state index contributed by atoms with van der Waals surface area (Å²) in [5, 5.41) is 2.08. The lowest BCUT2D eigenvalue weighted by Crippen LogP contribution is -1.92. The average molecular weight is 209 g/mol. The number of benzene rings is 2. The first-order chi connectivity index (χ1) is 7.77. The molecule has 0 spiro atoms. The highest BCUT2D eigenvalue weighted by atomic mass is 16.2. The molecule has 0 unspecified atom stereocenters. The fourth-order valence-electron chi connectivity index (χ4n) is 2.70. The van der Waals surface area contributed by atoms with Crippen LogP contribution in [-0.4, -0.2) is 16.6 Å². The predicted molar refractivity (Wildman–Crippen MR) is 60.3 cm³/mol. The smallest absolute Gasteiger partial charge is 0.173 e. The minimum Gasteiger partial charge on any atom is -0.353 e. The van der Waals surface area contributed by atoms with Gasteiger partial charge in [0.1, 0.15) is 0 Å². The van der Waals surface area contributed by atoms with Crippen molar-refractivity contribution in [1.82, 2.24) is 4.98 Å². The zero-order valence-corrected chi connectivity index (χ0v) is 8.33. The summed E-state index contributed by atoms with van der Waals surface area (Å²) in [6.45, 7) is 0. The van der Waals surface area contributed by atoms with Gasteiger partial charge in [0.15, 0.2) is 11.6 Å². The molecular formula is C13H7NO2. The Balaban J connectivity index is 2.32. The van der Waals surface area contributed by atoms with Gasteiger partial charge in [-0.25, -0.2) is 0 Å². The first kappa shape index (κ1) is 8.05. The molecule has 3 nitrogen and oxygen atoms in total. The Kier molecular flexibility index (Phi) is 1.17. The number of carbonyl (C=O) groups excluding carboxylic acids is 2. The lowest BCUT2D eigenvalue weighted by Gasteiger charge is -1.97. The summed E-state index contributed by atoms with van der Waals surface area (Å²) in [6.07, 6.45) is 0.0351. The Morgan fingerprint density at radius 3 is 1.88 bits per heavy atom. The SMILES string of the molecule is O=C1CC(=O)c2c1c1[nH]c2c2ccccc12. The van der Waals surface area contributed by atoms with Crippen LogP contribution in [0, 0.1) is 0 Å². The van der Waals surface area contributed by atoms with E-state index in [1.54, 1.807) is 0 Å². The van der Waals surface area contributed by atoms with E-state index in [-0.39, 0.29) is 18.0 Å². The highest BCUT2D eigenvalue weighted by Crippen LogP contribution is 2.39. The van der Waals surface area contributed by atoms with Gasteiger partial charge in [-0.2, -0.15) is 0 Å². The van der Waals surface area contributed by atoms with E-state index in [9.17, 15) is 9.59 Å². The van der Waals surface area contributed by atoms with Gasteiger partial charge in [-0.1, -0.05) is 24.3 Å². The fourth-order valence-corrected chi connectivity index (χ4v) is 2.70. The summed E-state index contributed by atoms with van der Waals surface area (Å²) in [5.41, 5.74) is 2.88. The van der Waals surface area contributed by atoms with Crippen LogP contribution in [0.25, 0.3) is 21.8 Å². The first-order valence-electron chi connectivity index (χ1n) is 5.19. The van der Waals surface area contributed by atoms with Crippen LogP contribution in [0.2, 0.25) is 0 Å². The Morgan fingerprint density at radius 1 is 0.875 bits per heavy atom. The fraction of sp³-hybridized carbons (Fsp3) is 0.0769. The summed E-state index contributed by atoms with van der Waals surface area (Å²) in [7, 11) is 0. The normalized spacial score (nSPS) is 15.5. The number of rotatable bonds is 0. The van der Waals surface area contributed by atoms with Crippen LogP contribution in [0.1, 0.15) is 27.1 Å². The minimum atomic E-state index is -0.0491. The van der Waals surface area contributed by atoms with E-state index in [1.165, 1.54) is 0 Å². The highest BCUT2D eigenvalue weighted by Gasteiger charge is 2.35. The van der Waals surface area contributed by atoms with Gasteiger partial charge in [-0.3, -0.25) is 9.59 Å². The molecule has 3 aromatic rings. The van der Waals surface area contributed by atoms with E-state index in [0.29, 0.717) is 11.1 Å². The number of H-pyrrole nitrogens is 1. The molecular weight excluding hydrogens is 202 g/mol. The topological polar surface area (TPSA) is 49.9 Å². The van der Waals surface area contributed by atoms with Gasteiger partial charge in [0.05, 0.1) is 28.6 Å². The number of nitrogens with one attached hydrogen (secondary N) is 1. The van der Waals surface area contributed by atoms with Gasteiger partial charge < -0.3 is 4.98 Å². The van der Waals surface area contributed by atoms with Gasteiger partial charge in [-0.15, -0.1) is 0 Å². The van der Waals surface area contributed by atoms with Gasteiger partial charge in [0.2, 0.25) is 0 Å². The van der Waals surface area contributed by atoms with Crippen LogP contribution in [0.15, 0.2) is 24.3 Å². The third-order valence-electron chi connectivity index (χ3n) is 3.34. The monoisotopic (exact) mass is 209 g/mol. The maximum Gasteiger partial charge on any atom is 0.173 e. The minimum absolute atomic E-state index is 0.0351. The van der Waals surface area contributed by atoms with Crippen molar-refractivity contribution in [2.45, 2.75) is 6.42 Å². The quantitative estimate of drug-likeness (QED) is 0.578. The van der Waals surface area contributed by atoms with Crippen molar-refractivity contribution in [2.24, 2.45) is 0 Å². The average Bonchev–Trinajstić information content (AvgIpc) is 2.91. The molecule has 0 aliphatic heterocycles. The number of fused-ring (bicyclic) bond motifs is 8. The van der Waals surface area contributed by atoms with Crippen LogP contribution in [0.5, 0.6) is 0 Å². The largest absolute Gasteiger partial charge is 0.353 e. The van der Waals surface area contributed by atoms with Crippen molar-refractivity contribution in [3.63, 3.8) is 0 Å². The molecule has 0 radical (unpaired) electrons. The van der Waals surface area contributed by atoms with Crippen LogP contribution in [-0.2, 0) is 0 Å².